The summed E-state index contributed by atoms with van der Waals surface area (Å²) in [6.45, 7) is 4.57. The highest BCUT2D eigenvalue weighted by Crippen LogP contribution is 2.31. The molecule has 1 aromatic rings. The quantitative estimate of drug-likeness (QED) is 0.874. The van der Waals surface area contributed by atoms with Crippen molar-refractivity contribution < 1.29 is 9.47 Å². The maximum Gasteiger partial charge on any atom is 0.161 e. The van der Waals surface area contributed by atoms with Crippen LogP contribution in [0.25, 0.3) is 0 Å². The highest BCUT2D eigenvalue weighted by atomic mass is 16.5. The van der Waals surface area contributed by atoms with E-state index in [0.29, 0.717) is 12.1 Å². The SMILES string of the molecule is CCC(NC1CCCN(C)C1)c1ccc(OC)c(OC)c1. The first kappa shape index (κ1) is 16.1. The van der Waals surface area contributed by atoms with Crippen LogP contribution in [-0.2, 0) is 0 Å². The molecular formula is C17H28N2O2. The zero-order chi connectivity index (χ0) is 15.2. The third-order valence-corrected chi connectivity index (χ3v) is 4.28. The Balaban J connectivity index is 2.09. The molecule has 0 radical (unpaired) electrons. The molecule has 0 aromatic heterocycles. The first-order chi connectivity index (χ1) is 10.2. The molecule has 1 aliphatic rings. The zero-order valence-electron chi connectivity index (χ0n) is 13.7. The Bertz CT molecular complexity index is 450. The third kappa shape index (κ3) is 4.11. The number of likely N-dealkylation sites (N-methyl/N-ethyl adjacent to an activating group) is 1. The fraction of sp³-hybridized carbons (Fsp3) is 0.647. The van der Waals surface area contributed by atoms with Gasteiger partial charge >= 0.3 is 0 Å². The van der Waals surface area contributed by atoms with Crippen molar-refractivity contribution in [2.24, 2.45) is 0 Å². The number of likely N-dealkylation sites (tertiary alicyclic amines) is 1. The van der Waals surface area contributed by atoms with E-state index in [-0.39, 0.29) is 0 Å². The summed E-state index contributed by atoms with van der Waals surface area (Å²) in [5.41, 5.74) is 1.27. The van der Waals surface area contributed by atoms with Gasteiger partial charge in [-0.1, -0.05) is 13.0 Å². The summed E-state index contributed by atoms with van der Waals surface area (Å²) in [6, 6.07) is 7.15. The summed E-state index contributed by atoms with van der Waals surface area (Å²) in [4.78, 5) is 2.41. The second-order valence-electron chi connectivity index (χ2n) is 5.84. The van der Waals surface area contributed by atoms with Crippen LogP contribution >= 0.6 is 0 Å². The molecule has 1 N–H and O–H groups in total. The van der Waals surface area contributed by atoms with Crippen LogP contribution in [0.4, 0.5) is 0 Å². The predicted octanol–water partition coefficient (Wildman–Crippen LogP) is 2.84. The van der Waals surface area contributed by atoms with E-state index in [1.807, 2.05) is 6.07 Å². The van der Waals surface area contributed by atoms with E-state index in [4.69, 9.17) is 9.47 Å². The minimum absolute atomic E-state index is 0.362. The smallest absolute Gasteiger partial charge is 0.161 e. The van der Waals surface area contributed by atoms with Crippen LogP contribution in [0.5, 0.6) is 11.5 Å². The Hall–Kier alpha value is -1.26. The normalized spacial score (nSPS) is 21.0. The van der Waals surface area contributed by atoms with Gasteiger partial charge in [0.05, 0.1) is 14.2 Å². The molecular weight excluding hydrogens is 264 g/mol. The van der Waals surface area contributed by atoms with Crippen LogP contribution < -0.4 is 14.8 Å². The Morgan fingerprint density at radius 3 is 2.67 bits per heavy atom. The van der Waals surface area contributed by atoms with Gasteiger partial charge < -0.3 is 19.7 Å². The third-order valence-electron chi connectivity index (χ3n) is 4.28. The largest absolute Gasteiger partial charge is 0.493 e. The molecule has 2 atom stereocenters. The van der Waals surface area contributed by atoms with E-state index in [1.165, 1.54) is 24.9 Å². The van der Waals surface area contributed by atoms with Crippen LogP contribution in [0.1, 0.15) is 37.8 Å². The molecule has 1 aromatic carbocycles. The summed E-state index contributed by atoms with van der Waals surface area (Å²) in [7, 11) is 5.56. The Morgan fingerprint density at radius 1 is 1.29 bits per heavy atom. The Labute approximate surface area is 128 Å². The lowest BCUT2D eigenvalue weighted by atomic mass is 9.99. The van der Waals surface area contributed by atoms with E-state index in [0.717, 1.165) is 24.5 Å². The van der Waals surface area contributed by atoms with Crippen LogP contribution in [0, 0.1) is 0 Å². The first-order valence-electron chi connectivity index (χ1n) is 7.84. The van der Waals surface area contributed by atoms with Crippen LogP contribution in [-0.4, -0.2) is 45.3 Å². The fourth-order valence-electron chi connectivity index (χ4n) is 3.11. The van der Waals surface area contributed by atoms with Gasteiger partial charge in [-0.2, -0.15) is 0 Å². The van der Waals surface area contributed by atoms with Crippen molar-refractivity contribution in [3.8, 4) is 11.5 Å². The average Bonchev–Trinajstić information content (AvgIpc) is 2.52. The van der Waals surface area contributed by atoms with Gasteiger partial charge in [0.25, 0.3) is 0 Å². The van der Waals surface area contributed by atoms with Crippen molar-refractivity contribution in [3.63, 3.8) is 0 Å². The zero-order valence-corrected chi connectivity index (χ0v) is 13.7. The average molecular weight is 292 g/mol. The van der Waals surface area contributed by atoms with E-state index in [9.17, 15) is 0 Å². The highest BCUT2D eigenvalue weighted by Gasteiger charge is 2.21. The second-order valence-corrected chi connectivity index (χ2v) is 5.84. The Morgan fingerprint density at radius 2 is 2.05 bits per heavy atom. The highest BCUT2D eigenvalue weighted by molar-refractivity contribution is 5.43. The van der Waals surface area contributed by atoms with Gasteiger partial charge in [0.1, 0.15) is 0 Å². The standard InChI is InChI=1S/C17H28N2O2/c1-5-15(18-14-7-6-10-19(2)12-14)13-8-9-16(20-3)17(11-13)21-4/h8-9,11,14-15,18H,5-7,10,12H2,1-4H3. The summed E-state index contributed by atoms with van der Waals surface area (Å²) in [6.07, 6.45) is 3.60. The maximum absolute atomic E-state index is 5.42. The number of methoxy groups -OCH3 is 2. The fourth-order valence-corrected chi connectivity index (χ4v) is 3.11. The van der Waals surface area contributed by atoms with Crippen molar-refractivity contribution in [2.75, 3.05) is 34.4 Å². The van der Waals surface area contributed by atoms with E-state index in [1.54, 1.807) is 14.2 Å². The van der Waals surface area contributed by atoms with Crippen molar-refractivity contribution in [1.29, 1.82) is 0 Å². The molecule has 1 fully saturated rings. The number of ether oxygens (including phenoxy) is 2. The Kier molecular flexibility index (Phi) is 5.88. The number of hydrogen-bond donors (Lipinski definition) is 1. The molecule has 1 saturated heterocycles. The lowest BCUT2D eigenvalue weighted by Crippen LogP contribution is -2.45. The van der Waals surface area contributed by atoms with Crippen LogP contribution in [0.15, 0.2) is 18.2 Å². The number of nitrogens with one attached hydrogen (secondary N) is 1. The van der Waals surface area contributed by atoms with Gasteiger partial charge in [-0.05, 0) is 50.6 Å². The minimum atomic E-state index is 0.362. The summed E-state index contributed by atoms with van der Waals surface area (Å²) < 4.78 is 10.7. The lowest BCUT2D eigenvalue weighted by molar-refractivity contribution is 0.215. The molecule has 0 bridgehead atoms. The summed E-state index contributed by atoms with van der Waals surface area (Å²) in [5.74, 6) is 1.59. The number of hydrogen-bond acceptors (Lipinski definition) is 4. The molecule has 0 aliphatic carbocycles. The van der Waals surface area contributed by atoms with E-state index < -0.39 is 0 Å². The first-order valence-corrected chi connectivity index (χ1v) is 7.84. The number of piperidine rings is 1. The lowest BCUT2D eigenvalue weighted by Gasteiger charge is -2.33. The number of benzene rings is 1. The van der Waals surface area contributed by atoms with Crippen molar-refractivity contribution >= 4 is 0 Å². The van der Waals surface area contributed by atoms with E-state index in [2.05, 4.69) is 36.3 Å². The van der Waals surface area contributed by atoms with Gasteiger partial charge in [-0.25, -0.2) is 0 Å². The van der Waals surface area contributed by atoms with Crippen molar-refractivity contribution in [2.45, 2.75) is 38.3 Å². The van der Waals surface area contributed by atoms with Gasteiger partial charge in [0, 0.05) is 18.6 Å². The molecule has 4 heteroatoms. The van der Waals surface area contributed by atoms with Gasteiger partial charge in [-0.3, -0.25) is 0 Å². The van der Waals surface area contributed by atoms with Crippen LogP contribution in [0.3, 0.4) is 0 Å². The van der Waals surface area contributed by atoms with E-state index >= 15 is 0 Å². The predicted molar refractivity (Wildman–Crippen MR) is 86.2 cm³/mol. The molecule has 21 heavy (non-hydrogen) atoms. The minimum Gasteiger partial charge on any atom is -0.493 e. The molecule has 118 valence electrons. The van der Waals surface area contributed by atoms with Crippen molar-refractivity contribution in [1.82, 2.24) is 10.2 Å². The topological polar surface area (TPSA) is 33.7 Å². The number of nitrogens with zero attached hydrogens (tertiary/aromatic N) is 1. The van der Waals surface area contributed by atoms with Gasteiger partial charge in [0.2, 0.25) is 0 Å². The molecule has 4 nitrogen and oxygen atoms in total. The molecule has 1 heterocycles. The summed E-state index contributed by atoms with van der Waals surface area (Å²) >= 11 is 0. The molecule has 0 amide bonds. The molecule has 1 aliphatic heterocycles. The molecule has 0 saturated carbocycles. The maximum atomic E-state index is 5.42. The van der Waals surface area contributed by atoms with Crippen LogP contribution in [0.2, 0.25) is 0 Å². The molecule has 2 unspecified atom stereocenters. The second kappa shape index (κ2) is 7.66. The summed E-state index contributed by atoms with van der Waals surface area (Å²) in [5, 5.41) is 3.80. The molecule has 0 spiro atoms. The van der Waals surface area contributed by atoms with Crippen molar-refractivity contribution in [3.05, 3.63) is 23.8 Å². The number of rotatable bonds is 6. The molecule has 2 rings (SSSR count). The van der Waals surface area contributed by atoms with Gasteiger partial charge in [-0.15, -0.1) is 0 Å². The van der Waals surface area contributed by atoms with Gasteiger partial charge in [0.15, 0.2) is 11.5 Å². The monoisotopic (exact) mass is 292 g/mol.